The maximum atomic E-state index is 12.7. The van der Waals surface area contributed by atoms with Gasteiger partial charge in [0.2, 0.25) is 0 Å². The maximum Gasteiger partial charge on any atom is 0.277 e. The molecule has 3 rings (SSSR count). The molecular formula is C21H18N4O7S. The van der Waals surface area contributed by atoms with E-state index in [2.05, 4.69) is 10.0 Å². The van der Waals surface area contributed by atoms with Crippen molar-refractivity contribution in [3.05, 3.63) is 97.6 Å². The van der Waals surface area contributed by atoms with Crippen LogP contribution in [0.3, 0.4) is 0 Å². The molecule has 12 heteroatoms. The Kier molecular flexibility index (Phi) is 6.40. The zero-order valence-corrected chi connectivity index (χ0v) is 18.3. The second-order valence-electron chi connectivity index (χ2n) is 7.21. The molecule has 0 aliphatic heterocycles. The highest BCUT2D eigenvalue weighted by Gasteiger charge is 2.20. The SMILES string of the molecule is Cc1cc(C)cc(NS(=O)(=O)c2ccc(NC(=O)c3cc([N+](=O)[O-])cc([N+](=O)[O-])c3)cc2)c1. The molecule has 0 saturated carbocycles. The van der Waals surface area contributed by atoms with E-state index >= 15 is 0 Å². The van der Waals surface area contributed by atoms with E-state index in [1.165, 1.54) is 24.3 Å². The van der Waals surface area contributed by atoms with Gasteiger partial charge < -0.3 is 5.32 Å². The predicted molar refractivity (Wildman–Crippen MR) is 121 cm³/mol. The van der Waals surface area contributed by atoms with Gasteiger partial charge in [-0.2, -0.15) is 0 Å². The number of nitro benzene ring substituents is 2. The zero-order valence-electron chi connectivity index (χ0n) is 17.4. The van der Waals surface area contributed by atoms with Crippen molar-refractivity contribution in [3.8, 4) is 0 Å². The first-order valence-electron chi connectivity index (χ1n) is 9.41. The van der Waals surface area contributed by atoms with Crippen molar-refractivity contribution < 1.29 is 23.1 Å². The van der Waals surface area contributed by atoms with Crippen molar-refractivity contribution in [1.29, 1.82) is 0 Å². The molecule has 11 nitrogen and oxygen atoms in total. The summed E-state index contributed by atoms with van der Waals surface area (Å²) in [4.78, 5) is 32.7. The van der Waals surface area contributed by atoms with Gasteiger partial charge in [-0.05, 0) is 61.4 Å². The molecule has 0 saturated heterocycles. The van der Waals surface area contributed by atoms with E-state index in [1.807, 2.05) is 19.9 Å². The summed E-state index contributed by atoms with van der Waals surface area (Å²) >= 11 is 0. The third-order valence-electron chi connectivity index (χ3n) is 4.48. The summed E-state index contributed by atoms with van der Waals surface area (Å²) in [5.41, 5.74) is 0.904. The Labute approximate surface area is 188 Å². The molecule has 33 heavy (non-hydrogen) atoms. The molecule has 0 aliphatic carbocycles. The zero-order chi connectivity index (χ0) is 24.3. The number of nitrogens with zero attached hydrogens (tertiary/aromatic N) is 2. The number of rotatable bonds is 7. The molecule has 1 amide bonds. The van der Waals surface area contributed by atoms with E-state index in [4.69, 9.17) is 0 Å². The van der Waals surface area contributed by atoms with Gasteiger partial charge in [0.05, 0.1) is 26.4 Å². The highest BCUT2D eigenvalue weighted by molar-refractivity contribution is 7.92. The van der Waals surface area contributed by atoms with Crippen LogP contribution in [-0.4, -0.2) is 24.2 Å². The third kappa shape index (κ3) is 5.68. The number of sulfonamides is 1. The number of carbonyl (C=O) groups excluding carboxylic acids is 1. The van der Waals surface area contributed by atoms with Crippen molar-refractivity contribution in [2.24, 2.45) is 0 Å². The maximum absolute atomic E-state index is 12.7. The number of anilines is 2. The number of carbonyl (C=O) groups is 1. The van der Waals surface area contributed by atoms with Gasteiger partial charge in [-0.15, -0.1) is 0 Å². The highest BCUT2D eigenvalue weighted by atomic mass is 32.2. The summed E-state index contributed by atoms with van der Waals surface area (Å²) in [6, 6.07) is 13.1. The van der Waals surface area contributed by atoms with Crippen LogP contribution in [0.15, 0.2) is 65.6 Å². The van der Waals surface area contributed by atoms with Crippen LogP contribution < -0.4 is 10.0 Å². The van der Waals surface area contributed by atoms with E-state index in [9.17, 15) is 33.4 Å². The Morgan fingerprint density at radius 2 is 1.30 bits per heavy atom. The Morgan fingerprint density at radius 1 is 0.788 bits per heavy atom. The van der Waals surface area contributed by atoms with Gasteiger partial charge in [0.15, 0.2) is 0 Å². The Hall–Kier alpha value is -4.32. The standard InChI is InChI=1S/C21H18N4O7S/c1-13-7-14(2)9-17(8-13)23-33(31,32)20-5-3-16(4-6-20)22-21(26)15-10-18(24(27)28)12-19(11-15)25(29)30/h3-12,23H,1-2H3,(H,22,26). The molecule has 0 fully saturated rings. The molecule has 3 aromatic carbocycles. The molecule has 0 heterocycles. The fraction of sp³-hybridized carbons (Fsp3) is 0.0952. The first-order valence-corrected chi connectivity index (χ1v) is 10.9. The number of amides is 1. The van der Waals surface area contributed by atoms with Gasteiger partial charge in [-0.1, -0.05) is 6.07 Å². The van der Waals surface area contributed by atoms with E-state index in [-0.39, 0.29) is 16.1 Å². The molecule has 2 N–H and O–H groups in total. The summed E-state index contributed by atoms with van der Waals surface area (Å²) < 4.78 is 27.8. The van der Waals surface area contributed by atoms with E-state index < -0.39 is 37.2 Å². The third-order valence-corrected chi connectivity index (χ3v) is 5.88. The monoisotopic (exact) mass is 470 g/mol. The number of hydrogen-bond acceptors (Lipinski definition) is 7. The number of hydrogen-bond donors (Lipinski definition) is 2. The van der Waals surface area contributed by atoms with Crippen LogP contribution >= 0.6 is 0 Å². The molecular weight excluding hydrogens is 452 g/mol. The second-order valence-corrected chi connectivity index (χ2v) is 8.90. The van der Waals surface area contributed by atoms with Crippen LogP contribution in [0.25, 0.3) is 0 Å². The molecule has 3 aromatic rings. The minimum absolute atomic E-state index is 0.0503. The fourth-order valence-electron chi connectivity index (χ4n) is 3.11. The van der Waals surface area contributed by atoms with Crippen molar-refractivity contribution >= 4 is 38.7 Å². The number of nitrogens with one attached hydrogen (secondary N) is 2. The van der Waals surface area contributed by atoms with Crippen LogP contribution in [0.1, 0.15) is 21.5 Å². The van der Waals surface area contributed by atoms with Gasteiger partial charge >= 0.3 is 0 Å². The summed E-state index contributed by atoms with van der Waals surface area (Å²) in [5, 5.41) is 24.4. The molecule has 0 aliphatic rings. The largest absolute Gasteiger partial charge is 0.322 e. The lowest BCUT2D eigenvalue weighted by Gasteiger charge is -2.11. The minimum atomic E-state index is -3.89. The van der Waals surface area contributed by atoms with Crippen molar-refractivity contribution in [2.45, 2.75) is 18.7 Å². The summed E-state index contributed by atoms with van der Waals surface area (Å²) in [5.74, 6) is -0.828. The lowest BCUT2D eigenvalue weighted by molar-refractivity contribution is -0.394. The Balaban J connectivity index is 1.80. The quantitative estimate of drug-likeness (QED) is 0.387. The molecule has 0 bridgehead atoms. The number of benzene rings is 3. The van der Waals surface area contributed by atoms with Gasteiger partial charge in [-0.3, -0.25) is 29.7 Å². The first kappa shape index (κ1) is 23.3. The average Bonchev–Trinajstić information content (AvgIpc) is 2.72. The van der Waals surface area contributed by atoms with E-state index in [0.717, 1.165) is 29.3 Å². The number of aryl methyl sites for hydroxylation is 2. The summed E-state index contributed by atoms with van der Waals surface area (Å²) in [6.45, 7) is 3.69. The summed E-state index contributed by atoms with van der Waals surface area (Å²) in [6.07, 6.45) is 0. The second kappa shape index (κ2) is 9.04. The van der Waals surface area contributed by atoms with Crippen molar-refractivity contribution in [3.63, 3.8) is 0 Å². The molecule has 0 atom stereocenters. The predicted octanol–water partition coefficient (Wildman–Crippen LogP) is 4.17. The number of nitro groups is 2. The number of non-ortho nitro benzene ring substituents is 2. The van der Waals surface area contributed by atoms with Crippen LogP contribution in [0.5, 0.6) is 0 Å². The molecule has 0 spiro atoms. The van der Waals surface area contributed by atoms with Gasteiger partial charge in [0.1, 0.15) is 0 Å². The minimum Gasteiger partial charge on any atom is -0.322 e. The van der Waals surface area contributed by atoms with Crippen LogP contribution in [0, 0.1) is 34.1 Å². The van der Waals surface area contributed by atoms with Gasteiger partial charge in [0.25, 0.3) is 27.3 Å². The smallest absolute Gasteiger partial charge is 0.277 e. The highest BCUT2D eigenvalue weighted by Crippen LogP contribution is 2.24. The van der Waals surface area contributed by atoms with Crippen LogP contribution in [0.2, 0.25) is 0 Å². The normalized spacial score (nSPS) is 11.0. The lowest BCUT2D eigenvalue weighted by atomic mass is 10.1. The van der Waals surface area contributed by atoms with Gasteiger partial charge in [0, 0.05) is 23.5 Å². The van der Waals surface area contributed by atoms with Crippen LogP contribution in [0.4, 0.5) is 22.7 Å². The molecule has 0 radical (unpaired) electrons. The van der Waals surface area contributed by atoms with Crippen molar-refractivity contribution in [2.75, 3.05) is 10.0 Å². The van der Waals surface area contributed by atoms with E-state index in [1.54, 1.807) is 12.1 Å². The average molecular weight is 470 g/mol. The molecule has 170 valence electrons. The first-order chi connectivity index (χ1) is 15.4. The van der Waals surface area contributed by atoms with E-state index in [0.29, 0.717) is 5.69 Å². The lowest BCUT2D eigenvalue weighted by Crippen LogP contribution is -2.14. The topological polar surface area (TPSA) is 162 Å². The van der Waals surface area contributed by atoms with Gasteiger partial charge in [-0.25, -0.2) is 8.42 Å². The van der Waals surface area contributed by atoms with Crippen LogP contribution in [-0.2, 0) is 10.0 Å². The Morgan fingerprint density at radius 3 is 1.79 bits per heavy atom. The summed E-state index contributed by atoms with van der Waals surface area (Å²) in [7, 11) is -3.89. The molecule has 0 unspecified atom stereocenters. The molecule has 0 aromatic heterocycles. The fourth-order valence-corrected chi connectivity index (χ4v) is 4.15. The van der Waals surface area contributed by atoms with Crippen molar-refractivity contribution in [1.82, 2.24) is 0 Å². The Bertz CT molecular complexity index is 1320.